The van der Waals surface area contributed by atoms with Crippen LogP contribution in [0.15, 0.2) is 28.7 Å². The number of carbonyl (C=O) groups is 3. The average molecular weight is 407 g/mol. The fourth-order valence-electron chi connectivity index (χ4n) is 3.84. The number of likely N-dealkylation sites (tertiary alicyclic amines) is 1. The van der Waals surface area contributed by atoms with Gasteiger partial charge in [-0.3, -0.25) is 19.3 Å². The van der Waals surface area contributed by atoms with Crippen molar-refractivity contribution in [2.45, 2.75) is 45.1 Å². The van der Waals surface area contributed by atoms with E-state index in [9.17, 15) is 14.4 Å². The van der Waals surface area contributed by atoms with Crippen molar-refractivity contribution in [2.75, 3.05) is 6.54 Å². The third-order valence-corrected chi connectivity index (χ3v) is 5.71. The molecule has 3 amide bonds. The Morgan fingerprint density at radius 2 is 1.88 bits per heavy atom. The molecule has 1 N–H and O–H groups in total. The lowest BCUT2D eigenvalue weighted by Crippen LogP contribution is -2.36. The third kappa shape index (κ3) is 3.94. The monoisotopic (exact) mass is 406 g/mol. The molecule has 25 heavy (non-hydrogen) atoms. The zero-order valence-electron chi connectivity index (χ0n) is 14.3. The average Bonchev–Trinajstić information content (AvgIpc) is 2.84. The molecule has 3 unspecified atom stereocenters. The van der Waals surface area contributed by atoms with Crippen molar-refractivity contribution in [3.05, 3.63) is 34.3 Å². The van der Waals surface area contributed by atoms with Crippen LogP contribution in [0.2, 0.25) is 0 Å². The summed E-state index contributed by atoms with van der Waals surface area (Å²) in [6.07, 6.45) is 3.78. The fraction of sp³-hybridized carbons (Fsp3) is 0.526. The number of benzene rings is 1. The van der Waals surface area contributed by atoms with Crippen LogP contribution < -0.4 is 5.32 Å². The summed E-state index contributed by atoms with van der Waals surface area (Å²) in [6.45, 7) is 2.10. The van der Waals surface area contributed by atoms with E-state index in [4.69, 9.17) is 0 Å². The Bertz CT molecular complexity index is 667. The Kier molecular flexibility index (Phi) is 5.57. The van der Waals surface area contributed by atoms with E-state index in [2.05, 4.69) is 21.2 Å². The third-order valence-electron chi connectivity index (χ3n) is 5.22. The number of amides is 3. The van der Waals surface area contributed by atoms with Crippen LogP contribution in [0.25, 0.3) is 0 Å². The molecule has 0 aromatic heterocycles. The minimum Gasteiger partial charge on any atom is -0.350 e. The maximum absolute atomic E-state index is 12.4. The number of carbonyl (C=O) groups excluding carboxylic acids is 3. The molecule has 1 aromatic rings. The highest BCUT2D eigenvalue weighted by molar-refractivity contribution is 9.10. The fourth-order valence-corrected chi connectivity index (χ4v) is 4.25. The zero-order valence-corrected chi connectivity index (χ0v) is 15.9. The first-order valence-corrected chi connectivity index (χ1v) is 9.66. The largest absolute Gasteiger partial charge is 0.350 e. The van der Waals surface area contributed by atoms with Gasteiger partial charge in [-0.25, -0.2) is 0 Å². The van der Waals surface area contributed by atoms with Gasteiger partial charge in [0.25, 0.3) is 0 Å². The second-order valence-corrected chi connectivity index (χ2v) is 7.84. The number of rotatable bonds is 5. The summed E-state index contributed by atoms with van der Waals surface area (Å²) in [6, 6.07) is 7.64. The molecular weight excluding hydrogens is 384 g/mol. The van der Waals surface area contributed by atoms with Gasteiger partial charge in [-0.2, -0.15) is 0 Å². The zero-order chi connectivity index (χ0) is 18.0. The number of imide groups is 1. The molecule has 1 aliphatic carbocycles. The van der Waals surface area contributed by atoms with E-state index in [1.165, 1.54) is 4.90 Å². The van der Waals surface area contributed by atoms with Crippen LogP contribution in [0.5, 0.6) is 0 Å². The molecule has 1 aromatic carbocycles. The van der Waals surface area contributed by atoms with Crippen LogP contribution >= 0.6 is 15.9 Å². The summed E-state index contributed by atoms with van der Waals surface area (Å²) < 4.78 is 0.960. The van der Waals surface area contributed by atoms with Crippen LogP contribution in [-0.4, -0.2) is 29.2 Å². The Labute approximate surface area is 156 Å². The van der Waals surface area contributed by atoms with E-state index < -0.39 is 0 Å². The first-order valence-electron chi connectivity index (χ1n) is 8.87. The predicted molar refractivity (Wildman–Crippen MR) is 97.5 cm³/mol. The summed E-state index contributed by atoms with van der Waals surface area (Å²) >= 11 is 3.42. The molecule has 5 nitrogen and oxygen atoms in total. The number of nitrogens with zero attached hydrogens (tertiary/aromatic N) is 1. The van der Waals surface area contributed by atoms with Crippen LogP contribution in [0.1, 0.15) is 50.6 Å². The normalized spacial score (nSPS) is 24.2. The highest BCUT2D eigenvalue weighted by atomic mass is 79.9. The van der Waals surface area contributed by atoms with Crippen molar-refractivity contribution >= 4 is 33.7 Å². The Morgan fingerprint density at radius 1 is 1.24 bits per heavy atom. The first kappa shape index (κ1) is 18.1. The van der Waals surface area contributed by atoms with Gasteiger partial charge in [0, 0.05) is 17.4 Å². The van der Waals surface area contributed by atoms with E-state index in [1.807, 2.05) is 31.2 Å². The van der Waals surface area contributed by atoms with Crippen LogP contribution in [-0.2, 0) is 14.4 Å². The number of hydrogen-bond acceptors (Lipinski definition) is 3. The standard InChI is InChI=1S/C19H23BrN2O3/c1-12(13-5-4-6-14(20)11-13)21-17(23)9-10-22-18(24)15-7-2-3-8-16(15)19(22)25/h4-6,11-12,15-16H,2-3,7-10H2,1H3,(H,21,23). The molecule has 2 fully saturated rings. The Balaban J connectivity index is 1.53. The predicted octanol–water partition coefficient (Wildman–Crippen LogP) is 3.19. The second-order valence-electron chi connectivity index (χ2n) is 6.92. The van der Waals surface area contributed by atoms with Crippen molar-refractivity contribution in [2.24, 2.45) is 11.8 Å². The van der Waals surface area contributed by atoms with Gasteiger partial charge in [0.1, 0.15) is 0 Å². The molecule has 134 valence electrons. The van der Waals surface area contributed by atoms with Crippen molar-refractivity contribution in [3.63, 3.8) is 0 Å². The molecule has 2 aliphatic rings. The molecule has 3 rings (SSSR count). The van der Waals surface area contributed by atoms with Gasteiger partial charge in [0.15, 0.2) is 0 Å². The number of hydrogen-bond donors (Lipinski definition) is 1. The van der Waals surface area contributed by atoms with Crippen LogP contribution in [0.3, 0.4) is 0 Å². The van der Waals surface area contributed by atoms with E-state index >= 15 is 0 Å². The summed E-state index contributed by atoms with van der Waals surface area (Å²) in [5.74, 6) is -0.608. The summed E-state index contributed by atoms with van der Waals surface area (Å²) in [5.41, 5.74) is 1.00. The molecule has 0 radical (unpaired) electrons. The van der Waals surface area contributed by atoms with Gasteiger partial charge in [-0.15, -0.1) is 0 Å². The van der Waals surface area contributed by atoms with Gasteiger partial charge in [0.2, 0.25) is 17.7 Å². The lowest BCUT2D eigenvalue weighted by Gasteiger charge is -2.19. The van der Waals surface area contributed by atoms with Crippen molar-refractivity contribution in [3.8, 4) is 0 Å². The number of nitrogens with one attached hydrogen (secondary N) is 1. The quantitative estimate of drug-likeness (QED) is 0.763. The minimum atomic E-state index is -0.150. The molecule has 1 saturated heterocycles. The van der Waals surface area contributed by atoms with Gasteiger partial charge >= 0.3 is 0 Å². The molecule has 3 atom stereocenters. The topological polar surface area (TPSA) is 66.5 Å². The van der Waals surface area contributed by atoms with Gasteiger partial charge < -0.3 is 5.32 Å². The SMILES string of the molecule is CC(NC(=O)CCN1C(=O)C2CCCCC2C1=O)c1cccc(Br)c1. The number of fused-ring (bicyclic) bond motifs is 1. The van der Waals surface area contributed by atoms with Gasteiger partial charge in [-0.05, 0) is 37.5 Å². The molecule has 1 aliphatic heterocycles. The summed E-state index contributed by atoms with van der Waals surface area (Å²) in [7, 11) is 0. The van der Waals surface area contributed by atoms with Crippen LogP contribution in [0, 0.1) is 11.8 Å². The molecular formula is C19H23BrN2O3. The Hall–Kier alpha value is -1.69. The maximum Gasteiger partial charge on any atom is 0.233 e. The molecule has 0 spiro atoms. The van der Waals surface area contributed by atoms with Crippen molar-refractivity contribution in [1.82, 2.24) is 10.2 Å². The van der Waals surface area contributed by atoms with E-state index in [0.717, 1.165) is 35.7 Å². The molecule has 6 heteroatoms. The smallest absolute Gasteiger partial charge is 0.233 e. The van der Waals surface area contributed by atoms with Crippen LogP contribution in [0.4, 0.5) is 0 Å². The van der Waals surface area contributed by atoms with Gasteiger partial charge in [-0.1, -0.05) is 40.9 Å². The summed E-state index contributed by atoms with van der Waals surface area (Å²) in [4.78, 5) is 38.4. The molecule has 1 saturated carbocycles. The Morgan fingerprint density at radius 3 is 2.48 bits per heavy atom. The number of halogens is 1. The van der Waals surface area contributed by atoms with E-state index in [-0.39, 0.29) is 48.6 Å². The van der Waals surface area contributed by atoms with E-state index in [1.54, 1.807) is 0 Å². The second kappa shape index (κ2) is 7.68. The van der Waals surface area contributed by atoms with Crippen molar-refractivity contribution in [1.29, 1.82) is 0 Å². The highest BCUT2D eigenvalue weighted by Gasteiger charge is 2.47. The van der Waals surface area contributed by atoms with Crippen molar-refractivity contribution < 1.29 is 14.4 Å². The van der Waals surface area contributed by atoms with Gasteiger partial charge in [0.05, 0.1) is 17.9 Å². The highest BCUT2D eigenvalue weighted by Crippen LogP contribution is 2.37. The first-order chi connectivity index (χ1) is 12.0. The maximum atomic E-state index is 12.4. The molecule has 0 bridgehead atoms. The summed E-state index contributed by atoms with van der Waals surface area (Å²) in [5, 5.41) is 2.93. The van der Waals surface area contributed by atoms with E-state index in [0.29, 0.717) is 0 Å². The minimum absolute atomic E-state index is 0.0810. The lowest BCUT2D eigenvalue weighted by atomic mass is 9.81. The molecule has 1 heterocycles. The lowest BCUT2D eigenvalue weighted by molar-refractivity contribution is -0.140.